The second-order valence-electron chi connectivity index (χ2n) is 5.99. The van der Waals surface area contributed by atoms with E-state index in [1.54, 1.807) is 18.5 Å². The highest BCUT2D eigenvalue weighted by Crippen LogP contribution is 2.25. The van der Waals surface area contributed by atoms with Crippen molar-refractivity contribution in [3.8, 4) is 0 Å². The Morgan fingerprint density at radius 2 is 2.12 bits per heavy atom. The Balaban J connectivity index is 2.20. The lowest BCUT2D eigenvalue weighted by Crippen LogP contribution is -2.30. The number of nitrogens with one attached hydrogen (secondary N) is 1. The summed E-state index contributed by atoms with van der Waals surface area (Å²) >= 11 is 1.48. The number of rotatable bonds is 9. The highest BCUT2D eigenvalue weighted by Gasteiger charge is 2.26. The lowest BCUT2D eigenvalue weighted by atomic mass is 10.3. The normalized spacial score (nSPS) is 13.5. The summed E-state index contributed by atoms with van der Waals surface area (Å²) in [5, 5.41) is 15.2. The van der Waals surface area contributed by atoms with Crippen molar-refractivity contribution in [1.82, 2.24) is 14.5 Å². The average Bonchev–Trinajstić information content (AvgIpc) is 3.15. The Kier molecular flexibility index (Phi) is 6.75. The molecule has 140 valence electrons. The molecule has 0 saturated carbocycles. The SMILES string of the molecule is Cc1nn(C(C)C)c(C)c1S(=O)(=O)NC[C@@H](OCCO)c1cccs1. The lowest BCUT2D eigenvalue weighted by molar-refractivity contribution is 0.0328. The van der Waals surface area contributed by atoms with Crippen LogP contribution in [0.3, 0.4) is 0 Å². The van der Waals surface area contributed by atoms with Crippen LogP contribution < -0.4 is 4.72 Å². The number of aryl methyl sites for hydroxylation is 1. The molecule has 25 heavy (non-hydrogen) atoms. The number of hydrogen-bond donors (Lipinski definition) is 2. The van der Waals surface area contributed by atoms with Crippen molar-refractivity contribution in [2.24, 2.45) is 0 Å². The Bertz CT molecular complexity index is 783. The first kappa shape index (κ1) is 20.1. The van der Waals surface area contributed by atoms with E-state index in [9.17, 15) is 8.42 Å². The van der Waals surface area contributed by atoms with Gasteiger partial charge in [-0.15, -0.1) is 11.3 Å². The van der Waals surface area contributed by atoms with Crippen molar-refractivity contribution in [3.63, 3.8) is 0 Å². The van der Waals surface area contributed by atoms with Gasteiger partial charge in [0.05, 0.1) is 24.6 Å². The van der Waals surface area contributed by atoms with E-state index >= 15 is 0 Å². The molecule has 0 amide bonds. The first-order valence-corrected chi connectivity index (χ1v) is 10.5. The minimum absolute atomic E-state index is 0.0782. The molecule has 0 unspecified atom stereocenters. The molecule has 2 aromatic heterocycles. The van der Waals surface area contributed by atoms with Gasteiger partial charge in [0.2, 0.25) is 10.0 Å². The molecule has 0 aromatic carbocycles. The number of sulfonamides is 1. The summed E-state index contributed by atoms with van der Waals surface area (Å²) in [6.45, 7) is 7.49. The largest absolute Gasteiger partial charge is 0.394 e. The van der Waals surface area contributed by atoms with Gasteiger partial charge in [-0.3, -0.25) is 4.68 Å². The van der Waals surface area contributed by atoms with Gasteiger partial charge in [0.1, 0.15) is 11.0 Å². The number of hydrogen-bond acceptors (Lipinski definition) is 6. The molecule has 0 saturated heterocycles. The van der Waals surface area contributed by atoms with Crippen molar-refractivity contribution in [3.05, 3.63) is 33.8 Å². The zero-order valence-electron chi connectivity index (χ0n) is 14.9. The topological polar surface area (TPSA) is 93.5 Å². The van der Waals surface area contributed by atoms with Gasteiger partial charge in [-0.05, 0) is 39.1 Å². The predicted octanol–water partition coefficient (Wildman–Crippen LogP) is 2.17. The van der Waals surface area contributed by atoms with Gasteiger partial charge in [-0.25, -0.2) is 13.1 Å². The molecule has 1 atom stereocenters. The summed E-state index contributed by atoms with van der Waals surface area (Å²) in [5.74, 6) is 0. The molecule has 0 spiro atoms. The Morgan fingerprint density at radius 3 is 2.64 bits per heavy atom. The van der Waals surface area contributed by atoms with E-state index in [0.717, 1.165) is 4.88 Å². The van der Waals surface area contributed by atoms with Crippen molar-refractivity contribution in [2.45, 2.75) is 44.7 Å². The van der Waals surface area contributed by atoms with Crippen LogP contribution in [0.2, 0.25) is 0 Å². The molecule has 2 aromatic rings. The third kappa shape index (κ3) is 4.68. The Hall–Kier alpha value is -1.26. The van der Waals surface area contributed by atoms with Crippen LogP contribution in [0.15, 0.2) is 22.4 Å². The molecular weight excluding hydrogens is 362 g/mol. The first-order chi connectivity index (χ1) is 11.8. The number of thiophene rings is 1. The highest BCUT2D eigenvalue weighted by atomic mass is 32.2. The fourth-order valence-corrected chi connectivity index (χ4v) is 4.91. The first-order valence-electron chi connectivity index (χ1n) is 8.09. The number of aromatic nitrogens is 2. The second-order valence-corrected chi connectivity index (χ2v) is 8.67. The van der Waals surface area contributed by atoms with Gasteiger partial charge >= 0.3 is 0 Å². The highest BCUT2D eigenvalue weighted by molar-refractivity contribution is 7.89. The van der Waals surface area contributed by atoms with Gasteiger partial charge in [0, 0.05) is 17.5 Å². The quantitative estimate of drug-likeness (QED) is 0.688. The number of aliphatic hydroxyl groups is 1. The minimum atomic E-state index is -3.72. The molecule has 0 bridgehead atoms. The summed E-state index contributed by atoms with van der Waals surface area (Å²) in [7, 11) is -3.72. The molecule has 9 heteroatoms. The van der Waals surface area contributed by atoms with Gasteiger partial charge in [0.25, 0.3) is 0 Å². The van der Waals surface area contributed by atoms with Crippen molar-refractivity contribution in [1.29, 1.82) is 0 Å². The Morgan fingerprint density at radius 1 is 1.40 bits per heavy atom. The van der Waals surface area contributed by atoms with E-state index in [1.807, 2.05) is 31.4 Å². The molecule has 0 radical (unpaired) electrons. The van der Waals surface area contributed by atoms with E-state index in [-0.39, 0.29) is 30.7 Å². The summed E-state index contributed by atoms with van der Waals surface area (Å²) in [6, 6.07) is 3.84. The third-order valence-electron chi connectivity index (χ3n) is 3.75. The van der Waals surface area contributed by atoms with Crippen molar-refractivity contribution < 1.29 is 18.3 Å². The summed E-state index contributed by atoms with van der Waals surface area (Å²) in [4.78, 5) is 1.12. The number of aliphatic hydroxyl groups excluding tert-OH is 1. The molecule has 0 aliphatic rings. The van der Waals surface area contributed by atoms with Crippen molar-refractivity contribution in [2.75, 3.05) is 19.8 Å². The number of ether oxygens (including phenoxy) is 1. The fraction of sp³-hybridized carbons (Fsp3) is 0.562. The van der Waals surface area contributed by atoms with E-state index in [4.69, 9.17) is 9.84 Å². The summed E-state index contributed by atoms with van der Waals surface area (Å²) in [6.07, 6.45) is -0.442. The van der Waals surface area contributed by atoms with Crippen LogP contribution in [0.25, 0.3) is 0 Å². The van der Waals surface area contributed by atoms with Crippen LogP contribution in [0, 0.1) is 13.8 Å². The van der Waals surface area contributed by atoms with Gasteiger partial charge in [-0.1, -0.05) is 6.07 Å². The van der Waals surface area contributed by atoms with E-state index in [1.165, 1.54) is 11.3 Å². The average molecular weight is 388 g/mol. The molecule has 2 rings (SSSR count). The standard InChI is InChI=1S/C16H25N3O4S2/c1-11(2)19-13(4)16(12(3)18-19)25(21,22)17-10-14(23-8-7-20)15-6-5-9-24-15/h5-6,9,11,14,17,20H,7-8,10H2,1-4H3/t14-/m1/s1. The summed E-state index contributed by atoms with van der Waals surface area (Å²) < 4.78 is 35.5. The van der Waals surface area contributed by atoms with Crippen LogP contribution in [0.1, 0.15) is 42.3 Å². The molecule has 0 aliphatic heterocycles. The molecule has 7 nitrogen and oxygen atoms in total. The maximum Gasteiger partial charge on any atom is 0.244 e. The van der Waals surface area contributed by atoms with Crippen LogP contribution in [-0.4, -0.2) is 43.1 Å². The van der Waals surface area contributed by atoms with Gasteiger partial charge in [-0.2, -0.15) is 5.10 Å². The predicted molar refractivity (Wildman–Crippen MR) is 97.4 cm³/mol. The molecule has 0 fully saturated rings. The fourth-order valence-electron chi connectivity index (χ4n) is 2.71. The zero-order chi connectivity index (χ0) is 18.6. The molecular formula is C16H25N3O4S2. The minimum Gasteiger partial charge on any atom is -0.394 e. The van der Waals surface area contributed by atoms with E-state index in [2.05, 4.69) is 9.82 Å². The van der Waals surface area contributed by atoms with Crippen LogP contribution in [0.5, 0.6) is 0 Å². The maximum atomic E-state index is 12.8. The lowest BCUT2D eigenvalue weighted by Gasteiger charge is -2.17. The maximum absolute atomic E-state index is 12.8. The second kappa shape index (κ2) is 8.41. The molecule has 0 aliphatic carbocycles. The van der Waals surface area contributed by atoms with Crippen LogP contribution in [0.4, 0.5) is 0 Å². The van der Waals surface area contributed by atoms with Crippen LogP contribution in [-0.2, 0) is 14.8 Å². The number of nitrogens with zero attached hydrogens (tertiary/aromatic N) is 2. The molecule has 2 heterocycles. The smallest absolute Gasteiger partial charge is 0.244 e. The van der Waals surface area contributed by atoms with Gasteiger partial charge in [0.15, 0.2) is 0 Å². The summed E-state index contributed by atoms with van der Waals surface area (Å²) in [5.41, 5.74) is 1.09. The van der Waals surface area contributed by atoms with Crippen LogP contribution >= 0.6 is 11.3 Å². The Labute approximate surface area is 152 Å². The monoisotopic (exact) mass is 387 g/mol. The van der Waals surface area contributed by atoms with E-state index in [0.29, 0.717) is 11.4 Å². The van der Waals surface area contributed by atoms with Crippen molar-refractivity contribution >= 4 is 21.4 Å². The van der Waals surface area contributed by atoms with Gasteiger partial charge < -0.3 is 9.84 Å². The zero-order valence-corrected chi connectivity index (χ0v) is 16.5. The van der Waals surface area contributed by atoms with E-state index < -0.39 is 16.1 Å². The third-order valence-corrected chi connectivity index (χ3v) is 6.39. The molecule has 2 N–H and O–H groups in total.